The number of aromatic nitrogens is 1. The normalized spacial score (nSPS) is 23.1. The second kappa shape index (κ2) is 5.58. The van der Waals surface area contributed by atoms with Crippen LogP contribution in [0.1, 0.15) is 25.0 Å². The zero-order chi connectivity index (χ0) is 10.5. The number of piperidine rings is 1. The summed E-state index contributed by atoms with van der Waals surface area (Å²) in [6, 6.07) is 0. The van der Waals surface area contributed by atoms with E-state index in [4.69, 9.17) is 5.11 Å². The molecule has 1 aromatic rings. The van der Waals surface area contributed by atoms with Gasteiger partial charge in [-0.15, -0.1) is 11.3 Å². The molecule has 0 aliphatic carbocycles. The molecule has 1 atom stereocenters. The summed E-state index contributed by atoms with van der Waals surface area (Å²) in [6.07, 6.45) is 3.48. The molecule has 1 unspecified atom stereocenters. The van der Waals surface area contributed by atoms with E-state index >= 15 is 0 Å². The standard InChI is InChI=1S/C11H18N2OS/c14-5-3-10-2-1-4-13(6-10)7-11-8-15-9-12-11/h8-10,14H,1-7H2. The van der Waals surface area contributed by atoms with Gasteiger partial charge in [0, 0.05) is 25.1 Å². The number of hydrogen-bond donors (Lipinski definition) is 1. The fourth-order valence-electron chi connectivity index (χ4n) is 2.26. The van der Waals surface area contributed by atoms with Crippen LogP contribution in [0.5, 0.6) is 0 Å². The van der Waals surface area contributed by atoms with Crippen molar-refractivity contribution in [2.24, 2.45) is 5.92 Å². The average molecular weight is 226 g/mol. The maximum atomic E-state index is 8.93. The van der Waals surface area contributed by atoms with Gasteiger partial charge in [-0.2, -0.15) is 0 Å². The molecule has 1 fully saturated rings. The molecule has 0 spiro atoms. The highest BCUT2D eigenvalue weighted by molar-refractivity contribution is 7.07. The first-order chi connectivity index (χ1) is 7.38. The molecule has 1 aliphatic rings. The van der Waals surface area contributed by atoms with Crippen LogP contribution in [0.2, 0.25) is 0 Å². The van der Waals surface area contributed by atoms with Gasteiger partial charge in [0.1, 0.15) is 0 Å². The molecular formula is C11H18N2OS. The first-order valence-corrected chi connectivity index (χ1v) is 6.53. The second-order valence-corrected chi connectivity index (χ2v) is 4.95. The molecule has 0 saturated carbocycles. The number of nitrogens with zero attached hydrogens (tertiary/aromatic N) is 2. The third-order valence-electron chi connectivity index (χ3n) is 3.01. The van der Waals surface area contributed by atoms with Crippen molar-refractivity contribution in [2.45, 2.75) is 25.8 Å². The first-order valence-electron chi connectivity index (χ1n) is 5.59. The van der Waals surface area contributed by atoms with E-state index in [1.165, 1.54) is 25.1 Å². The van der Waals surface area contributed by atoms with Crippen molar-refractivity contribution in [1.29, 1.82) is 0 Å². The molecule has 84 valence electrons. The van der Waals surface area contributed by atoms with Crippen molar-refractivity contribution >= 4 is 11.3 Å². The Morgan fingerprint density at radius 1 is 1.60 bits per heavy atom. The zero-order valence-electron chi connectivity index (χ0n) is 8.93. The minimum absolute atomic E-state index is 0.329. The number of hydrogen-bond acceptors (Lipinski definition) is 4. The minimum Gasteiger partial charge on any atom is -0.396 e. The summed E-state index contributed by atoms with van der Waals surface area (Å²) in [5.41, 5.74) is 3.08. The Morgan fingerprint density at radius 2 is 2.53 bits per heavy atom. The molecule has 4 heteroatoms. The molecular weight excluding hydrogens is 208 g/mol. The average Bonchev–Trinajstić information content (AvgIpc) is 2.71. The third kappa shape index (κ3) is 3.26. The van der Waals surface area contributed by atoms with Gasteiger partial charge in [0.25, 0.3) is 0 Å². The van der Waals surface area contributed by atoms with Gasteiger partial charge >= 0.3 is 0 Å². The van der Waals surface area contributed by atoms with Crippen LogP contribution in [-0.4, -0.2) is 34.7 Å². The van der Waals surface area contributed by atoms with Crippen molar-refractivity contribution in [1.82, 2.24) is 9.88 Å². The lowest BCUT2D eigenvalue weighted by atomic mass is 9.95. The van der Waals surface area contributed by atoms with E-state index < -0.39 is 0 Å². The van der Waals surface area contributed by atoms with Crippen molar-refractivity contribution < 1.29 is 5.11 Å². The SMILES string of the molecule is OCCC1CCCN(Cc2cscn2)C1. The fraction of sp³-hybridized carbons (Fsp3) is 0.727. The Bertz CT molecular complexity index is 274. The summed E-state index contributed by atoms with van der Waals surface area (Å²) >= 11 is 1.66. The summed E-state index contributed by atoms with van der Waals surface area (Å²) in [5.74, 6) is 0.683. The van der Waals surface area contributed by atoms with E-state index in [1.807, 2.05) is 5.51 Å². The van der Waals surface area contributed by atoms with Crippen molar-refractivity contribution in [3.8, 4) is 0 Å². The van der Waals surface area contributed by atoms with Gasteiger partial charge in [-0.25, -0.2) is 4.98 Å². The molecule has 2 rings (SSSR count). The molecule has 0 radical (unpaired) electrons. The highest BCUT2D eigenvalue weighted by Crippen LogP contribution is 2.20. The number of aliphatic hydroxyl groups is 1. The van der Waals surface area contributed by atoms with E-state index in [-0.39, 0.29) is 0 Å². The smallest absolute Gasteiger partial charge is 0.0795 e. The molecule has 1 aromatic heterocycles. The van der Waals surface area contributed by atoms with Crippen LogP contribution in [0.4, 0.5) is 0 Å². The molecule has 0 amide bonds. The lowest BCUT2D eigenvalue weighted by molar-refractivity contribution is 0.141. The molecule has 0 aromatic carbocycles. The highest BCUT2D eigenvalue weighted by Gasteiger charge is 2.19. The molecule has 3 nitrogen and oxygen atoms in total. The van der Waals surface area contributed by atoms with Crippen molar-refractivity contribution in [3.05, 3.63) is 16.6 Å². The Kier molecular flexibility index (Phi) is 4.11. The second-order valence-electron chi connectivity index (χ2n) is 4.24. The van der Waals surface area contributed by atoms with E-state index in [2.05, 4.69) is 15.3 Å². The van der Waals surface area contributed by atoms with Gasteiger partial charge in [0.05, 0.1) is 11.2 Å². The fourth-order valence-corrected chi connectivity index (χ4v) is 2.81. The maximum absolute atomic E-state index is 8.93. The van der Waals surface area contributed by atoms with Gasteiger partial charge < -0.3 is 5.11 Å². The quantitative estimate of drug-likeness (QED) is 0.849. The van der Waals surface area contributed by atoms with Gasteiger partial charge in [-0.1, -0.05) is 0 Å². The minimum atomic E-state index is 0.329. The first kappa shape index (κ1) is 11.0. The predicted octanol–water partition coefficient (Wildman–Crippen LogP) is 1.74. The van der Waals surface area contributed by atoms with Gasteiger partial charge in [0.2, 0.25) is 0 Å². The van der Waals surface area contributed by atoms with E-state index in [9.17, 15) is 0 Å². The Hall–Kier alpha value is -0.450. The number of thiazole rings is 1. The van der Waals surface area contributed by atoms with E-state index in [0.717, 1.165) is 19.5 Å². The Balaban J connectivity index is 1.82. The monoisotopic (exact) mass is 226 g/mol. The summed E-state index contributed by atoms with van der Waals surface area (Å²) in [4.78, 5) is 6.77. The molecule has 1 saturated heterocycles. The Labute approximate surface area is 94.8 Å². The summed E-state index contributed by atoms with van der Waals surface area (Å²) in [6.45, 7) is 3.61. The number of likely N-dealkylation sites (tertiary alicyclic amines) is 1. The van der Waals surface area contributed by atoms with Gasteiger partial charge in [-0.05, 0) is 31.7 Å². The molecule has 0 bridgehead atoms. The predicted molar refractivity (Wildman–Crippen MR) is 61.8 cm³/mol. The largest absolute Gasteiger partial charge is 0.396 e. The zero-order valence-corrected chi connectivity index (χ0v) is 9.75. The molecule has 1 aliphatic heterocycles. The summed E-state index contributed by atoms with van der Waals surface area (Å²) in [7, 11) is 0. The van der Waals surface area contributed by atoms with E-state index in [1.54, 1.807) is 11.3 Å². The van der Waals surface area contributed by atoms with Crippen LogP contribution in [-0.2, 0) is 6.54 Å². The number of rotatable bonds is 4. The molecule has 15 heavy (non-hydrogen) atoms. The van der Waals surface area contributed by atoms with Crippen LogP contribution in [0.25, 0.3) is 0 Å². The van der Waals surface area contributed by atoms with Crippen LogP contribution in [0.15, 0.2) is 10.9 Å². The summed E-state index contributed by atoms with van der Waals surface area (Å²) < 4.78 is 0. The summed E-state index contributed by atoms with van der Waals surface area (Å²) in [5, 5.41) is 11.1. The molecule has 1 N–H and O–H groups in total. The van der Waals surface area contributed by atoms with Crippen LogP contribution < -0.4 is 0 Å². The van der Waals surface area contributed by atoms with Crippen LogP contribution in [0.3, 0.4) is 0 Å². The van der Waals surface area contributed by atoms with Crippen molar-refractivity contribution in [3.63, 3.8) is 0 Å². The van der Waals surface area contributed by atoms with E-state index in [0.29, 0.717) is 12.5 Å². The maximum Gasteiger partial charge on any atom is 0.0795 e. The molecule has 2 heterocycles. The lowest BCUT2D eigenvalue weighted by Crippen LogP contribution is -2.35. The topological polar surface area (TPSA) is 36.4 Å². The van der Waals surface area contributed by atoms with Crippen molar-refractivity contribution in [2.75, 3.05) is 19.7 Å². The highest BCUT2D eigenvalue weighted by atomic mass is 32.1. The third-order valence-corrected chi connectivity index (χ3v) is 3.64. The lowest BCUT2D eigenvalue weighted by Gasteiger charge is -2.31. The van der Waals surface area contributed by atoms with Gasteiger partial charge in [0.15, 0.2) is 0 Å². The van der Waals surface area contributed by atoms with Crippen LogP contribution in [0, 0.1) is 5.92 Å². The van der Waals surface area contributed by atoms with Crippen LogP contribution >= 0.6 is 11.3 Å². The van der Waals surface area contributed by atoms with Gasteiger partial charge in [-0.3, -0.25) is 4.90 Å². The number of aliphatic hydroxyl groups excluding tert-OH is 1. The Morgan fingerprint density at radius 3 is 3.27 bits per heavy atom.